The maximum atomic E-state index is 11.1. The van der Waals surface area contributed by atoms with Crippen molar-refractivity contribution in [2.45, 2.75) is 18.9 Å². The zero-order valence-electron chi connectivity index (χ0n) is 16.6. The Morgan fingerprint density at radius 3 is 2.47 bits per heavy atom. The Hall–Kier alpha value is -3.45. The van der Waals surface area contributed by atoms with Crippen molar-refractivity contribution in [1.82, 2.24) is 4.90 Å². The number of rotatable bonds is 6. The van der Waals surface area contributed by atoms with Gasteiger partial charge in [0.1, 0.15) is 17.3 Å². The van der Waals surface area contributed by atoms with Gasteiger partial charge in [0.25, 0.3) is 0 Å². The molecule has 0 bridgehead atoms. The smallest absolute Gasteiger partial charge is 0.209 e. The number of amides is 1. The van der Waals surface area contributed by atoms with Gasteiger partial charge in [-0.2, -0.15) is 0 Å². The number of aliphatic imine (C=N–C) groups is 1. The van der Waals surface area contributed by atoms with Crippen molar-refractivity contribution in [1.29, 1.82) is 5.41 Å². The fourth-order valence-corrected chi connectivity index (χ4v) is 4.02. The van der Waals surface area contributed by atoms with Gasteiger partial charge in [-0.05, 0) is 42.8 Å². The second kappa shape index (κ2) is 8.51. The highest BCUT2D eigenvalue weighted by molar-refractivity contribution is 6.08. The van der Waals surface area contributed by atoms with E-state index in [0.717, 1.165) is 36.4 Å². The van der Waals surface area contributed by atoms with Gasteiger partial charge in [0.2, 0.25) is 6.41 Å². The topological polar surface area (TPSA) is 118 Å². The molecule has 2 aromatic carbocycles. The molecule has 0 spiro atoms. The number of hydrogen-bond donors (Lipinski definition) is 3. The quantitative estimate of drug-likeness (QED) is 0.390. The van der Waals surface area contributed by atoms with Gasteiger partial charge in [-0.1, -0.05) is 18.2 Å². The van der Waals surface area contributed by atoms with E-state index in [2.05, 4.69) is 0 Å². The second-order valence-corrected chi connectivity index (χ2v) is 7.62. The summed E-state index contributed by atoms with van der Waals surface area (Å²) in [6, 6.07) is 16.7. The molecule has 2 atom stereocenters. The summed E-state index contributed by atoms with van der Waals surface area (Å²) in [7, 11) is 0. The number of nitrogens with one attached hydrogen (secondary N) is 1. The van der Waals surface area contributed by atoms with Gasteiger partial charge in [-0.3, -0.25) is 15.2 Å². The van der Waals surface area contributed by atoms with Crippen LogP contribution in [0.2, 0.25) is 0 Å². The number of benzene rings is 2. The maximum absolute atomic E-state index is 11.1. The Labute approximate surface area is 175 Å². The largest absolute Gasteiger partial charge is 0.457 e. The number of amidine groups is 1. The molecule has 154 valence electrons. The van der Waals surface area contributed by atoms with Crippen molar-refractivity contribution in [3.05, 3.63) is 65.7 Å². The summed E-state index contributed by atoms with van der Waals surface area (Å²) >= 11 is 0. The third-order valence-electron chi connectivity index (χ3n) is 5.55. The van der Waals surface area contributed by atoms with Gasteiger partial charge in [0.05, 0.1) is 5.70 Å². The van der Waals surface area contributed by atoms with E-state index >= 15 is 0 Å². The lowest BCUT2D eigenvalue weighted by Gasteiger charge is -2.27. The Morgan fingerprint density at radius 1 is 1.13 bits per heavy atom. The molecular weight excluding hydrogens is 378 g/mol. The first-order valence-electron chi connectivity index (χ1n) is 9.99. The van der Waals surface area contributed by atoms with E-state index < -0.39 is 6.04 Å². The van der Waals surface area contributed by atoms with Gasteiger partial charge in [-0.25, -0.2) is 0 Å². The minimum Gasteiger partial charge on any atom is -0.457 e. The third kappa shape index (κ3) is 4.11. The molecule has 0 radical (unpaired) electrons. The highest BCUT2D eigenvalue weighted by Crippen LogP contribution is 2.33. The zero-order valence-corrected chi connectivity index (χ0v) is 16.6. The van der Waals surface area contributed by atoms with Crippen LogP contribution in [0.1, 0.15) is 18.4 Å². The highest BCUT2D eigenvalue weighted by atomic mass is 16.5. The molecule has 1 saturated heterocycles. The summed E-state index contributed by atoms with van der Waals surface area (Å²) in [6.45, 7) is 1.38. The maximum Gasteiger partial charge on any atom is 0.209 e. The molecule has 1 fully saturated rings. The average molecular weight is 403 g/mol. The summed E-state index contributed by atoms with van der Waals surface area (Å²) in [6.07, 6.45) is 2.30. The number of nitrogens with two attached hydrogens (primary N) is 2. The van der Waals surface area contributed by atoms with Crippen LogP contribution in [0.25, 0.3) is 5.70 Å². The van der Waals surface area contributed by atoms with Crippen molar-refractivity contribution in [2.24, 2.45) is 22.4 Å². The number of ether oxygens (including phenoxy) is 1. The molecule has 2 heterocycles. The van der Waals surface area contributed by atoms with Crippen molar-refractivity contribution in [3.63, 3.8) is 0 Å². The van der Waals surface area contributed by atoms with Crippen LogP contribution in [0.3, 0.4) is 0 Å². The van der Waals surface area contributed by atoms with Crippen LogP contribution in [-0.2, 0) is 4.79 Å². The van der Waals surface area contributed by atoms with Crippen LogP contribution in [0.4, 0.5) is 0 Å². The van der Waals surface area contributed by atoms with Crippen LogP contribution in [-0.4, -0.2) is 42.0 Å². The van der Waals surface area contributed by atoms with Crippen molar-refractivity contribution < 1.29 is 9.53 Å². The monoisotopic (exact) mass is 403 g/mol. The molecular formula is C23H25N5O2. The van der Waals surface area contributed by atoms with Crippen LogP contribution in [0, 0.1) is 11.3 Å². The van der Waals surface area contributed by atoms with Crippen molar-refractivity contribution in [3.8, 4) is 11.5 Å². The summed E-state index contributed by atoms with van der Waals surface area (Å²) < 4.78 is 5.86. The van der Waals surface area contributed by atoms with Crippen LogP contribution in [0.5, 0.6) is 11.5 Å². The SMILES string of the molecule is N=C(N)C1=C(c2ccc(Oc3ccccc3)cc2)N=C(C2CCN(C=O)C2)CC1N. The molecule has 0 aliphatic carbocycles. The fraction of sp³-hybridized carbons (Fsp3) is 0.261. The first-order valence-corrected chi connectivity index (χ1v) is 9.99. The van der Waals surface area contributed by atoms with E-state index in [0.29, 0.717) is 30.0 Å². The van der Waals surface area contributed by atoms with Gasteiger partial charge in [0.15, 0.2) is 0 Å². The standard InChI is InChI=1S/C23H25N5O2/c24-19-12-20(16-10-11-28(13-16)14-29)27-22(21(19)23(25)26)15-6-8-18(9-7-15)30-17-4-2-1-3-5-17/h1-9,14,16,19H,10-13,24H2,(H3,25,26). The van der Waals surface area contributed by atoms with Crippen molar-refractivity contribution in [2.75, 3.05) is 13.1 Å². The molecule has 2 aromatic rings. The van der Waals surface area contributed by atoms with E-state index in [1.807, 2.05) is 54.6 Å². The Balaban J connectivity index is 1.64. The summed E-state index contributed by atoms with van der Waals surface area (Å²) in [4.78, 5) is 17.7. The first kappa shape index (κ1) is 19.8. The zero-order chi connectivity index (χ0) is 21.1. The van der Waals surface area contributed by atoms with E-state index in [4.69, 9.17) is 26.6 Å². The second-order valence-electron chi connectivity index (χ2n) is 7.62. The Morgan fingerprint density at radius 2 is 1.83 bits per heavy atom. The minimum atomic E-state index is -0.393. The Kier molecular flexibility index (Phi) is 5.63. The molecule has 2 unspecified atom stereocenters. The van der Waals surface area contributed by atoms with Crippen LogP contribution in [0.15, 0.2) is 65.2 Å². The molecule has 7 nitrogen and oxygen atoms in total. The fourth-order valence-electron chi connectivity index (χ4n) is 4.02. The molecule has 30 heavy (non-hydrogen) atoms. The summed E-state index contributed by atoms with van der Waals surface area (Å²) in [5.41, 5.74) is 15.2. The minimum absolute atomic E-state index is 0.0640. The molecule has 1 amide bonds. The van der Waals surface area contributed by atoms with E-state index in [-0.39, 0.29) is 11.8 Å². The van der Waals surface area contributed by atoms with Crippen molar-refractivity contribution >= 4 is 23.7 Å². The van der Waals surface area contributed by atoms with E-state index in [1.54, 1.807) is 4.90 Å². The lowest BCUT2D eigenvalue weighted by atomic mass is 9.87. The molecule has 5 N–H and O–H groups in total. The predicted octanol–water partition coefficient (Wildman–Crippen LogP) is 2.78. The lowest BCUT2D eigenvalue weighted by Crippen LogP contribution is -2.38. The van der Waals surface area contributed by atoms with Crippen LogP contribution < -0.4 is 16.2 Å². The molecule has 7 heteroatoms. The number of para-hydroxylation sites is 1. The number of carbonyl (C=O) groups excluding carboxylic acids is 1. The third-order valence-corrected chi connectivity index (χ3v) is 5.55. The Bertz CT molecular complexity index is 998. The number of likely N-dealkylation sites (tertiary alicyclic amines) is 1. The molecule has 0 saturated carbocycles. The highest BCUT2D eigenvalue weighted by Gasteiger charge is 2.32. The molecule has 2 aliphatic heterocycles. The number of carbonyl (C=O) groups is 1. The average Bonchev–Trinajstić information content (AvgIpc) is 3.23. The van der Waals surface area contributed by atoms with E-state index in [1.165, 1.54) is 0 Å². The first-order chi connectivity index (χ1) is 14.5. The normalized spacial score (nSPS) is 21.4. The lowest BCUT2D eigenvalue weighted by molar-refractivity contribution is -0.117. The predicted molar refractivity (Wildman–Crippen MR) is 118 cm³/mol. The number of hydrogen-bond acceptors (Lipinski definition) is 5. The van der Waals surface area contributed by atoms with Gasteiger partial charge < -0.3 is 21.1 Å². The van der Waals surface area contributed by atoms with Gasteiger partial charge in [-0.15, -0.1) is 0 Å². The van der Waals surface area contributed by atoms with Gasteiger partial charge in [0, 0.05) is 48.3 Å². The molecule has 2 aliphatic rings. The number of nitrogens with zero attached hydrogens (tertiary/aromatic N) is 2. The molecule has 4 rings (SSSR count). The summed E-state index contributed by atoms with van der Waals surface area (Å²) in [5.74, 6) is 1.59. The van der Waals surface area contributed by atoms with E-state index in [9.17, 15) is 4.79 Å². The van der Waals surface area contributed by atoms with Crippen LogP contribution >= 0.6 is 0 Å². The summed E-state index contributed by atoms with van der Waals surface area (Å²) in [5, 5.41) is 8.02. The molecule has 0 aromatic heterocycles. The van der Waals surface area contributed by atoms with Gasteiger partial charge >= 0.3 is 0 Å².